The summed E-state index contributed by atoms with van der Waals surface area (Å²) in [4.78, 5) is 0. The van der Waals surface area contributed by atoms with Crippen LogP contribution in [-0.4, -0.2) is 14.2 Å². The van der Waals surface area contributed by atoms with Crippen LogP contribution < -0.4 is 20.9 Å². The van der Waals surface area contributed by atoms with E-state index in [2.05, 4.69) is 97.1 Å². The number of nitrogens with two attached hydrogens (primary N) is 2. The molecule has 0 unspecified atom stereocenters. The molecule has 43 heavy (non-hydrogen) atoms. The normalized spacial score (nSPS) is 12.8. The molecule has 210 valence electrons. The predicted octanol–water partition coefficient (Wildman–Crippen LogP) is 8.57. The highest BCUT2D eigenvalue weighted by molar-refractivity contribution is 5.88. The van der Waals surface area contributed by atoms with Crippen LogP contribution in [-0.2, 0) is 5.41 Å². The van der Waals surface area contributed by atoms with Gasteiger partial charge in [-0.1, -0.05) is 121 Å². The number of rotatable bonds is 6. The van der Waals surface area contributed by atoms with Gasteiger partial charge in [-0.15, -0.1) is 0 Å². The van der Waals surface area contributed by atoms with E-state index < -0.39 is 5.41 Å². The van der Waals surface area contributed by atoms with Gasteiger partial charge < -0.3 is 20.9 Å². The first kappa shape index (κ1) is 26.4. The van der Waals surface area contributed by atoms with E-state index in [-0.39, 0.29) is 0 Å². The Kier molecular flexibility index (Phi) is 6.40. The Balaban J connectivity index is 1.43. The summed E-state index contributed by atoms with van der Waals surface area (Å²) in [6, 6.07) is 46.9. The molecular formula is C39H32N2O2. The maximum atomic E-state index is 6.48. The fourth-order valence-electron chi connectivity index (χ4n) is 6.77. The molecule has 0 saturated heterocycles. The molecule has 1 aliphatic carbocycles. The maximum Gasteiger partial charge on any atom is 0.142 e. The third-order valence-electron chi connectivity index (χ3n) is 8.78. The molecule has 0 bridgehead atoms. The molecule has 0 heterocycles. The maximum absolute atomic E-state index is 6.48. The van der Waals surface area contributed by atoms with Gasteiger partial charge in [0.2, 0.25) is 0 Å². The lowest BCUT2D eigenvalue weighted by Crippen LogP contribution is -2.28. The Labute approximate surface area is 252 Å². The Morgan fingerprint density at radius 1 is 0.419 bits per heavy atom. The van der Waals surface area contributed by atoms with E-state index in [0.717, 1.165) is 22.3 Å². The van der Waals surface area contributed by atoms with Gasteiger partial charge in [-0.05, 0) is 56.6 Å². The lowest BCUT2D eigenvalue weighted by atomic mass is 9.67. The van der Waals surface area contributed by atoms with Crippen LogP contribution in [0.25, 0.3) is 33.4 Å². The molecule has 0 aliphatic heterocycles. The molecule has 0 aromatic heterocycles. The highest BCUT2D eigenvalue weighted by atomic mass is 16.5. The first-order valence-corrected chi connectivity index (χ1v) is 14.3. The molecule has 4 nitrogen and oxygen atoms in total. The second-order valence-corrected chi connectivity index (χ2v) is 10.8. The third kappa shape index (κ3) is 3.98. The number of benzene rings is 6. The Morgan fingerprint density at radius 2 is 0.791 bits per heavy atom. The van der Waals surface area contributed by atoms with Gasteiger partial charge in [0.05, 0.1) is 31.0 Å². The van der Waals surface area contributed by atoms with Crippen molar-refractivity contribution in [3.05, 3.63) is 156 Å². The first-order chi connectivity index (χ1) is 21.1. The second kappa shape index (κ2) is 10.4. The van der Waals surface area contributed by atoms with Crippen LogP contribution in [0.4, 0.5) is 11.4 Å². The third-order valence-corrected chi connectivity index (χ3v) is 8.78. The van der Waals surface area contributed by atoms with E-state index in [1.165, 1.54) is 33.4 Å². The van der Waals surface area contributed by atoms with Crippen LogP contribution >= 0.6 is 0 Å². The number of methoxy groups -OCH3 is 2. The van der Waals surface area contributed by atoms with Crippen molar-refractivity contribution in [2.75, 3.05) is 25.7 Å². The molecule has 4 heteroatoms. The van der Waals surface area contributed by atoms with Crippen molar-refractivity contribution in [2.45, 2.75) is 5.41 Å². The molecule has 1 aliphatic rings. The van der Waals surface area contributed by atoms with Gasteiger partial charge in [0.15, 0.2) is 0 Å². The average molecular weight is 561 g/mol. The Hall–Kier alpha value is -5.48. The molecule has 0 radical (unpaired) electrons. The molecule has 6 aromatic rings. The number of anilines is 2. The van der Waals surface area contributed by atoms with Crippen molar-refractivity contribution in [1.82, 2.24) is 0 Å². The van der Waals surface area contributed by atoms with Crippen LogP contribution in [0.1, 0.15) is 22.3 Å². The smallest absolute Gasteiger partial charge is 0.142 e. The largest absolute Gasteiger partial charge is 0.495 e. The Morgan fingerprint density at radius 3 is 1.19 bits per heavy atom. The zero-order chi connectivity index (χ0) is 29.6. The summed E-state index contributed by atoms with van der Waals surface area (Å²) in [5.41, 5.74) is 25.1. The minimum Gasteiger partial charge on any atom is -0.495 e. The summed E-state index contributed by atoms with van der Waals surface area (Å²) >= 11 is 0. The lowest BCUT2D eigenvalue weighted by molar-refractivity contribution is 0.417. The number of para-hydroxylation sites is 2. The molecular weight excluding hydrogens is 528 g/mol. The van der Waals surface area contributed by atoms with Crippen LogP contribution in [0.5, 0.6) is 11.5 Å². The summed E-state index contributed by atoms with van der Waals surface area (Å²) in [6.45, 7) is 0. The second-order valence-electron chi connectivity index (χ2n) is 10.8. The lowest BCUT2D eigenvalue weighted by Gasteiger charge is -2.34. The minimum absolute atomic E-state index is 0.510. The molecule has 4 N–H and O–H groups in total. The van der Waals surface area contributed by atoms with Gasteiger partial charge in [0.25, 0.3) is 0 Å². The SMILES string of the molecule is COc1cccc(-c2ccc(C3(c4ccc(-c5cccc(OC)c5N)cc4)c4ccccc4-c4ccccc43)cc2)c1N. The molecule has 0 atom stereocenters. The molecule has 0 amide bonds. The quantitative estimate of drug-likeness (QED) is 0.200. The summed E-state index contributed by atoms with van der Waals surface area (Å²) in [5.74, 6) is 1.35. The van der Waals surface area contributed by atoms with Crippen molar-refractivity contribution in [3.8, 4) is 44.9 Å². The van der Waals surface area contributed by atoms with Crippen molar-refractivity contribution < 1.29 is 9.47 Å². The van der Waals surface area contributed by atoms with Crippen molar-refractivity contribution in [2.24, 2.45) is 0 Å². The summed E-state index contributed by atoms with van der Waals surface area (Å²) in [6.07, 6.45) is 0. The zero-order valence-corrected chi connectivity index (χ0v) is 24.2. The first-order valence-electron chi connectivity index (χ1n) is 14.3. The van der Waals surface area contributed by atoms with E-state index in [1.54, 1.807) is 14.2 Å². The highest BCUT2D eigenvalue weighted by Crippen LogP contribution is 2.56. The fourth-order valence-corrected chi connectivity index (χ4v) is 6.77. The van der Waals surface area contributed by atoms with Gasteiger partial charge in [-0.3, -0.25) is 0 Å². The topological polar surface area (TPSA) is 70.5 Å². The number of nitrogen functional groups attached to an aromatic ring is 2. The van der Waals surface area contributed by atoms with E-state index in [0.29, 0.717) is 22.9 Å². The van der Waals surface area contributed by atoms with Crippen LogP contribution in [0.15, 0.2) is 133 Å². The van der Waals surface area contributed by atoms with Crippen molar-refractivity contribution >= 4 is 11.4 Å². The van der Waals surface area contributed by atoms with Gasteiger partial charge in [-0.2, -0.15) is 0 Å². The number of hydrogen-bond acceptors (Lipinski definition) is 4. The zero-order valence-electron chi connectivity index (χ0n) is 24.2. The average Bonchev–Trinajstić information content (AvgIpc) is 3.36. The highest BCUT2D eigenvalue weighted by Gasteiger charge is 2.45. The van der Waals surface area contributed by atoms with Gasteiger partial charge in [-0.25, -0.2) is 0 Å². The van der Waals surface area contributed by atoms with Crippen molar-refractivity contribution in [3.63, 3.8) is 0 Å². The molecule has 7 rings (SSSR count). The number of ether oxygens (including phenoxy) is 2. The van der Waals surface area contributed by atoms with Crippen molar-refractivity contribution in [1.29, 1.82) is 0 Å². The minimum atomic E-state index is -0.510. The van der Waals surface area contributed by atoms with Crippen LogP contribution in [0, 0.1) is 0 Å². The summed E-state index contributed by atoms with van der Waals surface area (Å²) < 4.78 is 11.0. The van der Waals surface area contributed by atoms with Gasteiger partial charge >= 0.3 is 0 Å². The predicted molar refractivity (Wildman–Crippen MR) is 177 cm³/mol. The van der Waals surface area contributed by atoms with Gasteiger partial charge in [0, 0.05) is 11.1 Å². The molecule has 0 fully saturated rings. The van der Waals surface area contributed by atoms with E-state index in [9.17, 15) is 0 Å². The fraction of sp³-hybridized carbons (Fsp3) is 0.0769. The monoisotopic (exact) mass is 560 g/mol. The van der Waals surface area contributed by atoms with Crippen LogP contribution in [0.3, 0.4) is 0 Å². The molecule has 0 spiro atoms. The van der Waals surface area contributed by atoms with Gasteiger partial charge in [0.1, 0.15) is 11.5 Å². The summed E-state index contributed by atoms with van der Waals surface area (Å²) in [7, 11) is 3.29. The van der Waals surface area contributed by atoms with E-state index in [1.807, 2.05) is 36.4 Å². The number of hydrogen-bond donors (Lipinski definition) is 2. The Bertz CT molecular complexity index is 1820. The number of fused-ring (bicyclic) bond motifs is 3. The van der Waals surface area contributed by atoms with E-state index >= 15 is 0 Å². The van der Waals surface area contributed by atoms with Crippen LogP contribution in [0.2, 0.25) is 0 Å². The van der Waals surface area contributed by atoms with E-state index in [4.69, 9.17) is 20.9 Å². The molecule has 0 saturated carbocycles. The molecule has 6 aromatic carbocycles. The summed E-state index contributed by atoms with van der Waals surface area (Å²) in [5, 5.41) is 0. The standard InChI is InChI=1S/C39H32N2O2/c1-42-35-15-7-11-29(37(35)40)25-17-21-27(22-18-25)39(33-13-5-3-9-31(33)32-10-4-6-14-34(32)39)28-23-19-26(20-24-28)30-12-8-16-36(43-2)38(30)41/h3-24H,40-41H2,1-2H3.